The number of ether oxygens (including phenoxy) is 3. The average molecular weight is 867 g/mol. The number of aromatic nitrogens is 2. The summed E-state index contributed by atoms with van der Waals surface area (Å²) in [6.07, 6.45) is 8.50. The minimum Gasteiger partial charge on any atom is -0.496 e. The van der Waals surface area contributed by atoms with E-state index in [1.807, 2.05) is 32.6 Å². The molecular formula is C50H70N6O5S. The number of rotatable bonds is 14. The molecule has 1 saturated carbocycles. The van der Waals surface area contributed by atoms with Crippen molar-refractivity contribution in [3.63, 3.8) is 0 Å². The Bertz CT molecular complexity index is 2130. The van der Waals surface area contributed by atoms with Crippen molar-refractivity contribution in [3.8, 4) is 16.9 Å². The van der Waals surface area contributed by atoms with Gasteiger partial charge in [0.15, 0.2) is 0 Å². The summed E-state index contributed by atoms with van der Waals surface area (Å²) in [6.45, 7) is 15.4. The molecule has 0 bridgehead atoms. The highest BCUT2D eigenvalue weighted by molar-refractivity contribution is 7.10. The van der Waals surface area contributed by atoms with Gasteiger partial charge in [0, 0.05) is 68.2 Å². The van der Waals surface area contributed by atoms with Gasteiger partial charge in [0.05, 0.1) is 18.7 Å². The number of likely N-dealkylation sites (tertiary alicyclic amines) is 2. The number of hydrogen-bond acceptors (Lipinski definition) is 10. The van der Waals surface area contributed by atoms with Crippen LogP contribution in [0.1, 0.15) is 119 Å². The molecule has 3 aliphatic rings. The summed E-state index contributed by atoms with van der Waals surface area (Å²) < 4.78 is 17.7. The number of methoxy groups -OCH3 is 1. The predicted molar refractivity (Wildman–Crippen MR) is 250 cm³/mol. The molecule has 0 spiro atoms. The van der Waals surface area contributed by atoms with Gasteiger partial charge in [-0.15, -0.1) is 11.3 Å². The molecule has 11 nitrogen and oxygen atoms in total. The Balaban J connectivity index is 0.890. The second kappa shape index (κ2) is 20.5. The van der Waals surface area contributed by atoms with E-state index >= 15 is 0 Å². The quantitative estimate of drug-likeness (QED) is 0.124. The van der Waals surface area contributed by atoms with Crippen molar-refractivity contribution >= 4 is 40.1 Å². The van der Waals surface area contributed by atoms with E-state index < -0.39 is 5.60 Å². The number of aryl methyl sites for hydroxylation is 1. The van der Waals surface area contributed by atoms with Gasteiger partial charge in [-0.3, -0.25) is 4.79 Å². The second-order valence-electron chi connectivity index (χ2n) is 19.3. The fourth-order valence-corrected chi connectivity index (χ4v) is 10.5. The van der Waals surface area contributed by atoms with Gasteiger partial charge in [0.1, 0.15) is 23.0 Å². The maximum Gasteiger partial charge on any atom is 0.410 e. The van der Waals surface area contributed by atoms with Crippen molar-refractivity contribution in [3.05, 3.63) is 69.7 Å². The number of fused-ring (bicyclic) bond motifs is 1. The molecule has 2 aromatic heterocycles. The predicted octanol–water partition coefficient (Wildman–Crippen LogP) is 10.5. The van der Waals surface area contributed by atoms with Gasteiger partial charge in [-0.2, -0.15) is 0 Å². The molecule has 2 amide bonds. The molecule has 62 heavy (non-hydrogen) atoms. The Hall–Kier alpha value is -4.26. The number of hydrogen-bond donors (Lipinski definition) is 1. The lowest BCUT2D eigenvalue weighted by atomic mass is 9.77. The lowest BCUT2D eigenvalue weighted by Gasteiger charge is -2.36. The van der Waals surface area contributed by atoms with Gasteiger partial charge < -0.3 is 34.2 Å². The lowest BCUT2D eigenvalue weighted by molar-refractivity contribution is -0.138. The normalized spacial score (nSPS) is 19.8. The van der Waals surface area contributed by atoms with E-state index in [-0.39, 0.29) is 18.1 Å². The summed E-state index contributed by atoms with van der Waals surface area (Å²) in [7, 11) is 5.96. The van der Waals surface area contributed by atoms with Gasteiger partial charge >= 0.3 is 6.09 Å². The highest BCUT2D eigenvalue weighted by Gasteiger charge is 2.33. The number of amides is 2. The smallest absolute Gasteiger partial charge is 0.410 e. The fourth-order valence-electron chi connectivity index (χ4n) is 9.63. The van der Waals surface area contributed by atoms with Crippen LogP contribution in [0.2, 0.25) is 0 Å². The van der Waals surface area contributed by atoms with E-state index in [9.17, 15) is 9.59 Å². The molecule has 7 rings (SSSR count). The zero-order chi connectivity index (χ0) is 44.0. The number of piperidine rings is 2. The van der Waals surface area contributed by atoms with Crippen LogP contribution in [-0.4, -0.2) is 103 Å². The number of thiophene rings is 1. The number of nitrogens with zero attached hydrogens (tertiary/aromatic N) is 5. The van der Waals surface area contributed by atoms with Crippen molar-refractivity contribution in [2.75, 3.05) is 65.9 Å². The SMILES string of the molecule is COc1cc2nc(C)nc(N[C@H](C)c3cc(-c4ccccc4CN(C)C)cs3)c2cc1C1CCC(C(=O)N2CCC(CCOCC3CCN(C(=O)OC(C)(C)C)CC3)CC2)CC1. The maximum absolute atomic E-state index is 13.8. The number of benzene rings is 2. The third-order valence-electron chi connectivity index (χ3n) is 13.1. The molecule has 12 heteroatoms. The van der Waals surface area contributed by atoms with Crippen LogP contribution in [0.3, 0.4) is 0 Å². The summed E-state index contributed by atoms with van der Waals surface area (Å²) in [5.74, 6) is 4.21. The molecule has 336 valence electrons. The molecule has 1 atom stereocenters. The Morgan fingerprint density at radius 3 is 2.31 bits per heavy atom. The highest BCUT2D eigenvalue weighted by Crippen LogP contribution is 2.43. The zero-order valence-electron chi connectivity index (χ0n) is 38.5. The first-order valence-corrected chi connectivity index (χ1v) is 23.9. The zero-order valence-corrected chi connectivity index (χ0v) is 39.3. The molecule has 0 radical (unpaired) electrons. The van der Waals surface area contributed by atoms with Gasteiger partial charge in [-0.1, -0.05) is 24.3 Å². The van der Waals surface area contributed by atoms with E-state index in [0.717, 1.165) is 126 Å². The molecule has 1 aliphatic carbocycles. The number of nitrogens with one attached hydrogen (secondary N) is 1. The number of anilines is 1. The van der Waals surface area contributed by atoms with E-state index in [2.05, 4.69) is 84.0 Å². The molecule has 2 aliphatic heterocycles. The van der Waals surface area contributed by atoms with Gasteiger partial charge in [0.25, 0.3) is 0 Å². The van der Waals surface area contributed by atoms with Crippen molar-refractivity contribution in [2.45, 2.75) is 117 Å². The van der Waals surface area contributed by atoms with Gasteiger partial charge in [-0.25, -0.2) is 14.8 Å². The Labute approximate surface area is 373 Å². The third kappa shape index (κ3) is 11.6. The van der Waals surface area contributed by atoms with E-state index in [1.54, 1.807) is 18.4 Å². The van der Waals surface area contributed by atoms with Crippen molar-refractivity contribution in [1.29, 1.82) is 0 Å². The van der Waals surface area contributed by atoms with Crippen LogP contribution < -0.4 is 10.1 Å². The fraction of sp³-hybridized carbons (Fsp3) is 0.600. The van der Waals surface area contributed by atoms with Crippen molar-refractivity contribution in [2.24, 2.45) is 17.8 Å². The molecule has 0 unspecified atom stereocenters. The molecule has 2 saturated heterocycles. The minimum absolute atomic E-state index is 0.0471. The first-order chi connectivity index (χ1) is 29.7. The van der Waals surface area contributed by atoms with Gasteiger partial charge in [-0.05, 0) is 164 Å². The first-order valence-electron chi connectivity index (χ1n) is 23.0. The topological polar surface area (TPSA) is 109 Å². The highest BCUT2D eigenvalue weighted by atomic mass is 32.1. The van der Waals surface area contributed by atoms with Crippen LogP contribution in [0, 0.1) is 24.7 Å². The summed E-state index contributed by atoms with van der Waals surface area (Å²) >= 11 is 1.78. The minimum atomic E-state index is -0.466. The summed E-state index contributed by atoms with van der Waals surface area (Å²) in [5, 5.41) is 7.02. The van der Waals surface area contributed by atoms with E-state index in [1.165, 1.54) is 27.1 Å². The van der Waals surface area contributed by atoms with E-state index in [4.69, 9.17) is 24.2 Å². The summed E-state index contributed by atoms with van der Waals surface area (Å²) in [5.41, 5.74) is 5.42. The number of carbonyl (C=O) groups excluding carboxylic acids is 2. The lowest BCUT2D eigenvalue weighted by Crippen LogP contribution is -2.43. The molecule has 1 N–H and O–H groups in total. The summed E-state index contributed by atoms with van der Waals surface area (Å²) in [4.78, 5) is 43.4. The monoisotopic (exact) mass is 867 g/mol. The van der Waals surface area contributed by atoms with E-state index in [0.29, 0.717) is 29.5 Å². The Morgan fingerprint density at radius 1 is 0.919 bits per heavy atom. The maximum atomic E-state index is 13.8. The number of carbonyl (C=O) groups is 2. The van der Waals surface area contributed by atoms with Crippen LogP contribution >= 0.6 is 11.3 Å². The van der Waals surface area contributed by atoms with Crippen LogP contribution in [-0.2, 0) is 20.8 Å². The third-order valence-corrected chi connectivity index (χ3v) is 14.2. The molecule has 2 aromatic carbocycles. The van der Waals surface area contributed by atoms with Crippen LogP contribution in [0.5, 0.6) is 5.75 Å². The molecule has 4 heterocycles. The van der Waals surface area contributed by atoms with Crippen molar-refractivity contribution in [1.82, 2.24) is 24.7 Å². The molecular weight excluding hydrogens is 797 g/mol. The van der Waals surface area contributed by atoms with Crippen LogP contribution in [0.15, 0.2) is 47.8 Å². The van der Waals surface area contributed by atoms with Crippen LogP contribution in [0.25, 0.3) is 22.0 Å². The Morgan fingerprint density at radius 2 is 1.61 bits per heavy atom. The largest absolute Gasteiger partial charge is 0.496 e. The first kappa shape index (κ1) is 45.8. The average Bonchev–Trinajstić information content (AvgIpc) is 3.75. The molecule has 4 aromatic rings. The standard InChI is InChI=1S/C50H70N6O5S/c1-33(46-27-40(32-62-46)41-12-10-9-11-39(41)30-54(6)7)51-47-43-28-42(45(59-8)29-44(43)52-34(2)53-47)37-13-15-38(16-14-37)48(57)55-22-17-35(18-23-55)21-26-60-31-36-19-24-56(25-20-36)49(58)61-50(3,4)5/h9-12,27-29,32-33,35-38H,13-26,30-31H2,1-8H3,(H,51,52,53)/t33-,37?,38?/m1/s1. The van der Waals surface area contributed by atoms with Gasteiger partial charge in [0.2, 0.25) is 5.91 Å². The van der Waals surface area contributed by atoms with Crippen molar-refractivity contribution < 1.29 is 23.8 Å². The van der Waals surface area contributed by atoms with Crippen LogP contribution in [0.4, 0.5) is 10.6 Å². The molecule has 3 fully saturated rings. The second-order valence-corrected chi connectivity index (χ2v) is 20.3. The summed E-state index contributed by atoms with van der Waals surface area (Å²) in [6, 6.07) is 15.3. The Kier molecular flexibility index (Phi) is 15.1.